The minimum absolute atomic E-state index is 0.0466. The highest BCUT2D eigenvalue weighted by Crippen LogP contribution is 2.33. The molecule has 0 aromatic carbocycles. The van der Waals surface area contributed by atoms with E-state index in [4.69, 9.17) is 4.74 Å². The molecule has 2 atom stereocenters. The molecule has 1 aromatic rings. The lowest BCUT2D eigenvalue weighted by Gasteiger charge is -2.15. The minimum Gasteiger partial charge on any atom is -0.376 e. The summed E-state index contributed by atoms with van der Waals surface area (Å²) in [6.07, 6.45) is -2.75. The maximum absolute atomic E-state index is 12.5. The Morgan fingerprint density at radius 1 is 1.63 bits per heavy atom. The third-order valence-corrected chi connectivity index (χ3v) is 4.02. The molecular weight excluding hydrogens is 283 g/mol. The van der Waals surface area contributed by atoms with Crippen LogP contribution in [0.25, 0.3) is 0 Å². The second-order valence-electron chi connectivity index (χ2n) is 4.36. The van der Waals surface area contributed by atoms with Crippen molar-refractivity contribution in [2.45, 2.75) is 49.0 Å². The van der Waals surface area contributed by atoms with Gasteiger partial charge in [0.15, 0.2) is 5.16 Å². The van der Waals surface area contributed by atoms with Crippen LogP contribution in [-0.4, -0.2) is 38.9 Å². The molecule has 1 aliphatic rings. The van der Waals surface area contributed by atoms with Crippen molar-refractivity contribution in [2.75, 3.05) is 6.61 Å². The van der Waals surface area contributed by atoms with Crippen molar-refractivity contribution in [3.8, 4) is 0 Å². The summed E-state index contributed by atoms with van der Waals surface area (Å²) in [5.74, 6) is 0. The molecule has 0 aliphatic carbocycles. The lowest BCUT2D eigenvalue weighted by atomic mass is 10.2. The number of alkyl halides is 3. The third kappa shape index (κ3) is 3.53. The molecule has 108 valence electrons. The molecule has 1 N–H and O–H groups in total. The van der Waals surface area contributed by atoms with Crippen molar-refractivity contribution in [2.24, 2.45) is 0 Å². The van der Waals surface area contributed by atoms with E-state index in [1.807, 2.05) is 0 Å². The molecular formula is C10H14F3N3O2S. The monoisotopic (exact) mass is 297 g/mol. The maximum Gasteiger partial charge on any atom is 0.400 e. The van der Waals surface area contributed by atoms with E-state index >= 15 is 0 Å². The number of rotatable bonds is 4. The Hall–Kier alpha value is -0.960. The molecule has 9 heteroatoms. The van der Waals surface area contributed by atoms with Gasteiger partial charge in [0.2, 0.25) is 0 Å². The van der Waals surface area contributed by atoms with Gasteiger partial charge >= 0.3 is 11.9 Å². The lowest BCUT2D eigenvalue weighted by molar-refractivity contribution is -0.125. The summed E-state index contributed by atoms with van der Waals surface area (Å²) in [7, 11) is 0. The number of H-pyrrole nitrogens is 1. The number of halogens is 3. The van der Waals surface area contributed by atoms with Crippen molar-refractivity contribution in [1.29, 1.82) is 0 Å². The fourth-order valence-electron chi connectivity index (χ4n) is 1.77. The third-order valence-electron chi connectivity index (χ3n) is 2.88. The second kappa shape index (κ2) is 5.58. The van der Waals surface area contributed by atoms with Crippen molar-refractivity contribution < 1.29 is 17.9 Å². The summed E-state index contributed by atoms with van der Waals surface area (Å²) in [5.41, 5.74) is -0.507. The van der Waals surface area contributed by atoms with Gasteiger partial charge in [0, 0.05) is 6.61 Å². The maximum atomic E-state index is 12.5. The predicted octanol–water partition coefficient (Wildman–Crippen LogP) is 1.79. The Bertz CT molecular complexity index is 479. The van der Waals surface area contributed by atoms with E-state index in [9.17, 15) is 18.0 Å². The smallest absolute Gasteiger partial charge is 0.376 e. The van der Waals surface area contributed by atoms with E-state index in [1.54, 1.807) is 0 Å². The first kappa shape index (κ1) is 14.4. The Morgan fingerprint density at radius 2 is 2.37 bits per heavy atom. The highest BCUT2D eigenvalue weighted by molar-refractivity contribution is 7.99. The molecule has 19 heavy (non-hydrogen) atoms. The molecule has 2 rings (SSSR count). The second-order valence-corrected chi connectivity index (χ2v) is 5.67. The van der Waals surface area contributed by atoms with Gasteiger partial charge in [-0.15, -0.1) is 5.10 Å². The van der Waals surface area contributed by atoms with Crippen LogP contribution in [-0.2, 0) is 11.3 Å². The Morgan fingerprint density at radius 3 is 2.95 bits per heavy atom. The Kier molecular flexibility index (Phi) is 4.24. The van der Waals surface area contributed by atoms with Gasteiger partial charge in [-0.25, -0.2) is 9.89 Å². The van der Waals surface area contributed by atoms with Crippen molar-refractivity contribution in [3.63, 3.8) is 0 Å². The summed E-state index contributed by atoms with van der Waals surface area (Å²) >= 11 is 0.521. The molecule has 5 nitrogen and oxygen atoms in total. The first-order chi connectivity index (χ1) is 8.88. The number of aromatic amines is 1. The van der Waals surface area contributed by atoms with Crippen LogP contribution in [0.3, 0.4) is 0 Å². The van der Waals surface area contributed by atoms with E-state index in [1.165, 1.54) is 4.57 Å². The molecule has 0 unspecified atom stereocenters. The van der Waals surface area contributed by atoms with Gasteiger partial charge in [0.1, 0.15) is 5.25 Å². The van der Waals surface area contributed by atoms with E-state index < -0.39 is 17.1 Å². The first-order valence-electron chi connectivity index (χ1n) is 5.88. The van der Waals surface area contributed by atoms with Crippen molar-refractivity contribution >= 4 is 11.8 Å². The number of hydrogen-bond donors (Lipinski definition) is 1. The van der Waals surface area contributed by atoms with Crippen LogP contribution in [0.1, 0.15) is 19.8 Å². The normalized spacial score (nSPS) is 21.8. The average molecular weight is 297 g/mol. The number of nitrogens with one attached hydrogen (secondary N) is 1. The molecule has 2 heterocycles. The predicted molar refractivity (Wildman–Crippen MR) is 63.2 cm³/mol. The van der Waals surface area contributed by atoms with Crippen LogP contribution in [0, 0.1) is 0 Å². The van der Waals surface area contributed by atoms with E-state index in [-0.39, 0.29) is 17.8 Å². The van der Waals surface area contributed by atoms with Crippen LogP contribution in [0.15, 0.2) is 9.95 Å². The summed E-state index contributed by atoms with van der Waals surface area (Å²) in [6, 6.07) is 0. The quantitative estimate of drug-likeness (QED) is 0.861. The standard InChI is InChI=1S/C10H14F3N3O2S/c1-6(10(11,12)13)19-9-15-14-8(17)16(9)5-7-3-2-4-18-7/h6-7H,2-5H2,1H3,(H,14,17)/t6-,7+/m1/s1. The molecule has 1 aliphatic heterocycles. The summed E-state index contributed by atoms with van der Waals surface area (Å²) in [4.78, 5) is 11.6. The number of thioether (sulfide) groups is 1. The molecule has 1 saturated heterocycles. The Balaban J connectivity index is 2.10. The van der Waals surface area contributed by atoms with Crippen LogP contribution in [0.2, 0.25) is 0 Å². The zero-order valence-electron chi connectivity index (χ0n) is 10.2. The Labute approximate surface area is 111 Å². The van der Waals surface area contributed by atoms with Gasteiger partial charge in [-0.1, -0.05) is 11.8 Å². The van der Waals surface area contributed by atoms with Crippen molar-refractivity contribution in [3.05, 3.63) is 10.5 Å². The highest BCUT2D eigenvalue weighted by atomic mass is 32.2. The largest absolute Gasteiger partial charge is 0.400 e. The number of hydrogen-bond acceptors (Lipinski definition) is 4. The van der Waals surface area contributed by atoms with Crippen LogP contribution < -0.4 is 5.69 Å². The van der Waals surface area contributed by atoms with Gasteiger partial charge < -0.3 is 4.74 Å². The molecule has 0 saturated carbocycles. The topological polar surface area (TPSA) is 59.9 Å². The van der Waals surface area contributed by atoms with Gasteiger partial charge in [-0.05, 0) is 19.8 Å². The highest BCUT2D eigenvalue weighted by Gasteiger charge is 2.38. The zero-order chi connectivity index (χ0) is 14.0. The van der Waals surface area contributed by atoms with E-state index in [2.05, 4.69) is 10.2 Å². The van der Waals surface area contributed by atoms with Gasteiger partial charge in [-0.3, -0.25) is 4.57 Å². The summed E-state index contributed by atoms with van der Waals surface area (Å²) < 4.78 is 44.1. The number of ether oxygens (including phenoxy) is 1. The van der Waals surface area contributed by atoms with Crippen LogP contribution in [0.5, 0.6) is 0 Å². The average Bonchev–Trinajstić information content (AvgIpc) is 2.92. The van der Waals surface area contributed by atoms with E-state index in [0.717, 1.165) is 19.8 Å². The zero-order valence-corrected chi connectivity index (χ0v) is 11.1. The molecule has 0 radical (unpaired) electrons. The molecule has 0 bridgehead atoms. The number of aromatic nitrogens is 3. The summed E-state index contributed by atoms with van der Waals surface area (Å²) in [5, 5.41) is 4.25. The van der Waals surface area contributed by atoms with Crippen molar-refractivity contribution in [1.82, 2.24) is 14.8 Å². The molecule has 1 aromatic heterocycles. The van der Waals surface area contributed by atoms with Gasteiger partial charge in [-0.2, -0.15) is 13.2 Å². The van der Waals surface area contributed by atoms with Crippen LogP contribution >= 0.6 is 11.8 Å². The number of nitrogens with zero attached hydrogens (tertiary/aromatic N) is 2. The van der Waals surface area contributed by atoms with E-state index in [0.29, 0.717) is 18.4 Å². The van der Waals surface area contributed by atoms with Gasteiger partial charge in [0.05, 0.1) is 12.6 Å². The fourth-order valence-corrected chi connectivity index (χ4v) is 2.60. The summed E-state index contributed by atoms with van der Waals surface area (Å²) in [6.45, 7) is 1.90. The molecule has 0 amide bonds. The van der Waals surface area contributed by atoms with Crippen LogP contribution in [0.4, 0.5) is 13.2 Å². The fraction of sp³-hybridized carbons (Fsp3) is 0.800. The lowest BCUT2D eigenvalue weighted by Crippen LogP contribution is -2.27. The molecule has 1 fully saturated rings. The SMILES string of the molecule is C[C@@H](Sc1n[nH]c(=O)n1C[C@@H]1CCCO1)C(F)(F)F. The minimum atomic E-state index is -4.33. The van der Waals surface area contributed by atoms with Gasteiger partial charge in [0.25, 0.3) is 0 Å². The molecule has 0 spiro atoms. The first-order valence-corrected chi connectivity index (χ1v) is 6.76.